The van der Waals surface area contributed by atoms with Crippen molar-refractivity contribution in [1.29, 1.82) is 0 Å². The van der Waals surface area contributed by atoms with Gasteiger partial charge in [-0.1, -0.05) is 44.2 Å². The topological polar surface area (TPSA) is 89.3 Å². The number of amides is 1. The maximum atomic E-state index is 12.6. The van der Waals surface area contributed by atoms with Gasteiger partial charge in [-0.05, 0) is 35.2 Å². The zero-order valence-corrected chi connectivity index (χ0v) is 14.4. The molecule has 0 spiro atoms. The molecule has 0 bridgehead atoms. The third kappa shape index (κ3) is 3.07. The van der Waals surface area contributed by atoms with Crippen LogP contribution >= 0.6 is 0 Å². The highest BCUT2D eigenvalue weighted by Gasteiger charge is 2.62. The number of para-hydroxylation sites is 1. The molecule has 0 saturated heterocycles. The predicted octanol–water partition coefficient (Wildman–Crippen LogP) is 2.71. The molecule has 126 valence electrons. The summed E-state index contributed by atoms with van der Waals surface area (Å²) in [6.45, 7) is 4.08. The van der Waals surface area contributed by atoms with E-state index in [0.29, 0.717) is 0 Å². The van der Waals surface area contributed by atoms with Crippen LogP contribution in [-0.4, -0.2) is 14.3 Å². The molecular formula is C18H20N2O3S. The number of rotatable bonds is 4. The van der Waals surface area contributed by atoms with Crippen LogP contribution in [0.15, 0.2) is 59.5 Å². The maximum absolute atomic E-state index is 12.6. The first-order chi connectivity index (χ1) is 11.2. The molecule has 3 rings (SSSR count). The summed E-state index contributed by atoms with van der Waals surface area (Å²) in [5.74, 6) is -0.125. The van der Waals surface area contributed by atoms with E-state index in [1.165, 1.54) is 12.1 Å². The first-order valence-corrected chi connectivity index (χ1v) is 9.24. The van der Waals surface area contributed by atoms with Gasteiger partial charge in [-0.15, -0.1) is 0 Å². The van der Waals surface area contributed by atoms with E-state index >= 15 is 0 Å². The standard InChI is InChI=1S/C18H20N2O3S/c1-18(2)15(12-8-10-14(11-9-12)24(19,22)23)16(18)17(21)20-13-6-4-3-5-7-13/h3-11,15-16H,1-2H3,(H,20,21)(H2,19,22,23)/t15-,16+/m0/s1. The lowest BCUT2D eigenvalue weighted by Gasteiger charge is -2.05. The van der Waals surface area contributed by atoms with Crippen molar-refractivity contribution in [3.05, 3.63) is 60.2 Å². The Balaban J connectivity index is 1.78. The lowest BCUT2D eigenvalue weighted by molar-refractivity contribution is -0.118. The van der Waals surface area contributed by atoms with Crippen LogP contribution in [0.1, 0.15) is 25.3 Å². The summed E-state index contributed by atoms with van der Waals surface area (Å²) in [5.41, 5.74) is 1.54. The van der Waals surface area contributed by atoms with Gasteiger partial charge in [0, 0.05) is 11.6 Å². The van der Waals surface area contributed by atoms with Crippen LogP contribution in [0, 0.1) is 11.3 Å². The molecule has 0 aliphatic heterocycles. The second-order valence-electron chi connectivity index (χ2n) is 6.75. The summed E-state index contributed by atoms with van der Waals surface area (Å²) in [5, 5.41) is 8.06. The van der Waals surface area contributed by atoms with Crippen molar-refractivity contribution in [2.75, 3.05) is 5.32 Å². The number of carbonyl (C=O) groups excluding carboxylic acids is 1. The van der Waals surface area contributed by atoms with E-state index in [4.69, 9.17) is 5.14 Å². The van der Waals surface area contributed by atoms with Gasteiger partial charge in [0.25, 0.3) is 0 Å². The van der Waals surface area contributed by atoms with Crippen molar-refractivity contribution in [2.45, 2.75) is 24.7 Å². The lowest BCUT2D eigenvalue weighted by atomic mass is 10.0. The fraction of sp³-hybridized carbons (Fsp3) is 0.278. The maximum Gasteiger partial charge on any atom is 0.238 e. The van der Waals surface area contributed by atoms with Crippen LogP contribution in [0.5, 0.6) is 0 Å². The highest BCUT2D eigenvalue weighted by molar-refractivity contribution is 7.89. The molecule has 1 aliphatic rings. The minimum Gasteiger partial charge on any atom is -0.326 e. The van der Waals surface area contributed by atoms with Gasteiger partial charge in [-0.3, -0.25) is 4.79 Å². The van der Waals surface area contributed by atoms with Gasteiger partial charge >= 0.3 is 0 Å². The molecule has 2 atom stereocenters. The number of sulfonamides is 1. The Hall–Kier alpha value is -2.18. The molecular weight excluding hydrogens is 324 g/mol. The summed E-state index contributed by atoms with van der Waals surface area (Å²) in [6, 6.07) is 15.8. The van der Waals surface area contributed by atoms with Gasteiger partial charge in [-0.25, -0.2) is 13.6 Å². The van der Waals surface area contributed by atoms with Crippen molar-refractivity contribution >= 4 is 21.6 Å². The Bertz CT molecular complexity index is 859. The Kier molecular flexibility index (Phi) is 3.97. The number of hydrogen-bond donors (Lipinski definition) is 2. The zero-order valence-electron chi connectivity index (χ0n) is 13.6. The van der Waals surface area contributed by atoms with Crippen LogP contribution in [0.2, 0.25) is 0 Å². The summed E-state index contributed by atoms with van der Waals surface area (Å²) in [4.78, 5) is 12.7. The summed E-state index contributed by atoms with van der Waals surface area (Å²) in [7, 11) is -3.70. The normalized spacial score (nSPS) is 22.0. The van der Waals surface area contributed by atoms with Crippen molar-refractivity contribution < 1.29 is 13.2 Å². The van der Waals surface area contributed by atoms with Gasteiger partial charge in [0.2, 0.25) is 15.9 Å². The van der Waals surface area contributed by atoms with E-state index in [-0.39, 0.29) is 28.1 Å². The third-order valence-corrected chi connectivity index (χ3v) is 5.65. The molecule has 0 unspecified atom stereocenters. The predicted molar refractivity (Wildman–Crippen MR) is 92.9 cm³/mol. The summed E-state index contributed by atoms with van der Waals surface area (Å²) in [6.07, 6.45) is 0. The Morgan fingerprint density at radius 3 is 2.17 bits per heavy atom. The smallest absolute Gasteiger partial charge is 0.238 e. The minimum atomic E-state index is -3.70. The van der Waals surface area contributed by atoms with Crippen molar-refractivity contribution in [3.63, 3.8) is 0 Å². The van der Waals surface area contributed by atoms with E-state index in [1.54, 1.807) is 12.1 Å². The van der Waals surface area contributed by atoms with Crippen molar-refractivity contribution in [1.82, 2.24) is 0 Å². The first kappa shape index (κ1) is 16.7. The monoisotopic (exact) mass is 344 g/mol. The molecule has 1 aliphatic carbocycles. The number of carbonyl (C=O) groups is 1. The highest BCUT2D eigenvalue weighted by Crippen LogP contribution is 2.64. The van der Waals surface area contributed by atoms with E-state index in [1.807, 2.05) is 44.2 Å². The number of nitrogens with two attached hydrogens (primary N) is 1. The Morgan fingerprint density at radius 1 is 1.04 bits per heavy atom. The minimum absolute atomic E-state index is 0.0216. The lowest BCUT2D eigenvalue weighted by Crippen LogP contribution is -2.16. The van der Waals surface area contributed by atoms with E-state index in [9.17, 15) is 13.2 Å². The van der Waals surface area contributed by atoms with E-state index in [0.717, 1.165) is 11.3 Å². The fourth-order valence-corrected chi connectivity index (χ4v) is 3.87. The van der Waals surface area contributed by atoms with Crippen LogP contribution in [-0.2, 0) is 14.8 Å². The Morgan fingerprint density at radius 2 is 1.62 bits per heavy atom. The molecule has 1 saturated carbocycles. The van der Waals surface area contributed by atoms with Gasteiger partial charge in [0.1, 0.15) is 0 Å². The van der Waals surface area contributed by atoms with Crippen LogP contribution < -0.4 is 10.5 Å². The van der Waals surface area contributed by atoms with Gasteiger partial charge in [-0.2, -0.15) is 0 Å². The molecule has 2 aromatic rings. The molecule has 1 fully saturated rings. The molecule has 1 amide bonds. The third-order valence-electron chi connectivity index (χ3n) is 4.72. The summed E-state index contributed by atoms with van der Waals surface area (Å²) < 4.78 is 22.7. The van der Waals surface area contributed by atoms with Gasteiger partial charge in [0.15, 0.2) is 0 Å². The van der Waals surface area contributed by atoms with Crippen LogP contribution in [0.25, 0.3) is 0 Å². The van der Waals surface area contributed by atoms with E-state index in [2.05, 4.69) is 5.32 Å². The fourth-order valence-electron chi connectivity index (χ4n) is 3.36. The molecule has 0 aromatic heterocycles. The Labute approximate surface area is 141 Å². The molecule has 24 heavy (non-hydrogen) atoms. The van der Waals surface area contributed by atoms with Crippen molar-refractivity contribution in [2.24, 2.45) is 16.5 Å². The number of primary sulfonamides is 1. The second-order valence-corrected chi connectivity index (χ2v) is 8.31. The zero-order chi connectivity index (χ0) is 17.5. The molecule has 2 aromatic carbocycles. The number of anilines is 1. The summed E-state index contributed by atoms with van der Waals surface area (Å²) >= 11 is 0. The molecule has 5 nitrogen and oxygen atoms in total. The van der Waals surface area contributed by atoms with Gasteiger partial charge < -0.3 is 5.32 Å². The molecule has 3 N–H and O–H groups in total. The number of hydrogen-bond acceptors (Lipinski definition) is 3. The molecule has 0 heterocycles. The second kappa shape index (κ2) is 5.72. The van der Waals surface area contributed by atoms with Crippen LogP contribution in [0.4, 0.5) is 5.69 Å². The van der Waals surface area contributed by atoms with Gasteiger partial charge in [0.05, 0.1) is 10.8 Å². The highest BCUT2D eigenvalue weighted by atomic mass is 32.2. The molecule has 0 radical (unpaired) electrons. The van der Waals surface area contributed by atoms with Crippen LogP contribution in [0.3, 0.4) is 0 Å². The first-order valence-electron chi connectivity index (χ1n) is 7.70. The number of benzene rings is 2. The quantitative estimate of drug-likeness (QED) is 0.893. The van der Waals surface area contributed by atoms with Crippen molar-refractivity contribution in [3.8, 4) is 0 Å². The SMILES string of the molecule is CC1(C)[C@@H](C(=O)Nc2ccccc2)[C@@H]1c1ccc(S(N)(=O)=O)cc1. The number of nitrogens with one attached hydrogen (secondary N) is 1. The average Bonchev–Trinajstić information content (AvgIpc) is 3.10. The van der Waals surface area contributed by atoms with E-state index < -0.39 is 10.0 Å². The largest absolute Gasteiger partial charge is 0.326 e. The molecule has 6 heteroatoms. The average molecular weight is 344 g/mol.